The Kier molecular flexibility index (Phi) is 6.15. The molecule has 0 heterocycles. The number of Topliss-reactive ketones (excluding diaryl/α,β-unsaturated/α-hetero) is 3. The molecule has 0 aromatic heterocycles. The lowest BCUT2D eigenvalue weighted by Gasteiger charge is -2.64. The summed E-state index contributed by atoms with van der Waals surface area (Å²) in [4.78, 5) is 39.9. The van der Waals surface area contributed by atoms with Gasteiger partial charge >= 0.3 is 0 Å². The lowest BCUT2D eigenvalue weighted by atomic mass is 9.38. The largest absolute Gasteiger partial charge is 0.390 e. The molecule has 8 unspecified atom stereocenters. The van der Waals surface area contributed by atoms with Crippen LogP contribution in [-0.2, 0) is 14.4 Å². The summed E-state index contributed by atoms with van der Waals surface area (Å²) in [6.07, 6.45) is 3.01. The van der Waals surface area contributed by atoms with Gasteiger partial charge in [0.05, 0.1) is 5.60 Å². The van der Waals surface area contributed by atoms with Crippen molar-refractivity contribution in [2.45, 2.75) is 111 Å². The molecule has 35 heavy (non-hydrogen) atoms. The minimum absolute atomic E-state index is 0.00230. The summed E-state index contributed by atoms with van der Waals surface area (Å²) in [6.45, 7) is 13.4. The fourth-order valence-electron chi connectivity index (χ4n) is 8.64. The van der Waals surface area contributed by atoms with Crippen molar-refractivity contribution in [3.63, 3.8) is 0 Å². The van der Waals surface area contributed by atoms with Gasteiger partial charge in [-0.1, -0.05) is 46.3 Å². The van der Waals surface area contributed by atoms with Crippen molar-refractivity contribution in [2.24, 2.45) is 39.4 Å². The SMILES string of the molecule is CC(C)(O)CCC(=O)C(O)C1CCC2(C)C3CC=C4C(CC(=O)C(O)C4(C)C)C3(C)C(=O)CC12C. The summed E-state index contributed by atoms with van der Waals surface area (Å²) >= 11 is 0. The molecule has 4 aliphatic carbocycles. The van der Waals surface area contributed by atoms with Crippen LogP contribution in [0, 0.1) is 39.4 Å². The summed E-state index contributed by atoms with van der Waals surface area (Å²) in [5.41, 5.74) is -2.16. The van der Waals surface area contributed by atoms with Crippen molar-refractivity contribution in [1.82, 2.24) is 0 Å². The molecule has 3 saturated carbocycles. The first-order valence-corrected chi connectivity index (χ1v) is 13.3. The van der Waals surface area contributed by atoms with Crippen molar-refractivity contribution < 1.29 is 29.7 Å². The van der Waals surface area contributed by atoms with Gasteiger partial charge in [-0.25, -0.2) is 0 Å². The fraction of sp³-hybridized carbons (Fsp3) is 0.828. The Morgan fingerprint density at radius 1 is 1.14 bits per heavy atom. The smallest absolute Gasteiger partial charge is 0.162 e. The number of aliphatic hydroxyl groups excluding tert-OH is 2. The molecule has 0 spiro atoms. The average Bonchev–Trinajstić information content (AvgIpc) is 3.01. The van der Waals surface area contributed by atoms with E-state index in [4.69, 9.17) is 0 Å². The number of carbonyl (C=O) groups excluding carboxylic acids is 3. The highest BCUT2D eigenvalue weighted by molar-refractivity contribution is 5.92. The second kappa shape index (κ2) is 8.06. The molecule has 0 amide bonds. The second-order valence-electron chi connectivity index (χ2n) is 13.9. The highest BCUT2D eigenvalue weighted by Gasteiger charge is 2.71. The Hall–Kier alpha value is -1.37. The van der Waals surface area contributed by atoms with Crippen molar-refractivity contribution >= 4 is 17.3 Å². The monoisotopic (exact) mass is 488 g/mol. The standard InChI is InChI=1S/C29H44O6/c1-25(2,35)12-11-19(30)23(33)17-10-13-27(5)21-9-8-16-18(14-20(31)24(34)26(16,3)4)29(21,7)22(32)15-28(17,27)6/h8,17-18,21,23-24,33-35H,9-15H2,1-7H3. The Morgan fingerprint density at radius 3 is 2.37 bits per heavy atom. The quantitative estimate of drug-likeness (QED) is 0.508. The number of allylic oxidation sites excluding steroid dienone is 1. The van der Waals surface area contributed by atoms with E-state index < -0.39 is 34.1 Å². The summed E-state index contributed by atoms with van der Waals surface area (Å²) in [6, 6.07) is 0. The van der Waals surface area contributed by atoms with E-state index >= 15 is 0 Å². The maximum absolute atomic E-state index is 14.1. The van der Waals surface area contributed by atoms with E-state index in [0.29, 0.717) is 12.8 Å². The Morgan fingerprint density at radius 2 is 1.77 bits per heavy atom. The normalized spacial score (nSPS) is 43.7. The predicted molar refractivity (Wildman–Crippen MR) is 132 cm³/mol. The van der Waals surface area contributed by atoms with Crippen LogP contribution in [0.3, 0.4) is 0 Å². The van der Waals surface area contributed by atoms with E-state index in [9.17, 15) is 29.7 Å². The van der Waals surface area contributed by atoms with Crippen LogP contribution in [0.2, 0.25) is 0 Å². The Labute approximate surface area is 209 Å². The number of rotatable bonds is 5. The summed E-state index contributed by atoms with van der Waals surface area (Å²) in [7, 11) is 0. The third-order valence-electron chi connectivity index (χ3n) is 11.2. The lowest BCUT2D eigenvalue weighted by Crippen LogP contribution is -2.64. The minimum atomic E-state index is -1.15. The van der Waals surface area contributed by atoms with Gasteiger partial charge in [0.15, 0.2) is 11.6 Å². The summed E-state index contributed by atoms with van der Waals surface area (Å²) in [5, 5.41) is 31.8. The van der Waals surface area contributed by atoms with E-state index in [1.807, 2.05) is 20.8 Å². The van der Waals surface area contributed by atoms with Crippen molar-refractivity contribution in [1.29, 1.82) is 0 Å². The van der Waals surface area contributed by atoms with Crippen LogP contribution in [0.4, 0.5) is 0 Å². The van der Waals surface area contributed by atoms with Crippen LogP contribution in [0.25, 0.3) is 0 Å². The van der Waals surface area contributed by atoms with Gasteiger partial charge in [0, 0.05) is 30.1 Å². The first kappa shape index (κ1) is 26.7. The number of aliphatic hydroxyl groups is 3. The third kappa shape index (κ3) is 3.65. The zero-order valence-electron chi connectivity index (χ0n) is 22.5. The Bertz CT molecular complexity index is 972. The molecule has 0 bridgehead atoms. The Balaban J connectivity index is 1.69. The molecule has 6 nitrogen and oxygen atoms in total. The van der Waals surface area contributed by atoms with Gasteiger partial charge in [-0.05, 0) is 68.1 Å². The second-order valence-corrected chi connectivity index (χ2v) is 13.9. The molecule has 4 aliphatic rings. The summed E-state index contributed by atoms with van der Waals surface area (Å²) < 4.78 is 0. The highest BCUT2D eigenvalue weighted by Crippen LogP contribution is 2.73. The molecular formula is C29H44O6. The average molecular weight is 489 g/mol. The molecule has 0 aromatic carbocycles. The van der Waals surface area contributed by atoms with Crippen molar-refractivity contribution in [3.8, 4) is 0 Å². The molecular weight excluding hydrogens is 444 g/mol. The van der Waals surface area contributed by atoms with E-state index in [1.165, 1.54) is 0 Å². The van der Waals surface area contributed by atoms with Gasteiger partial charge < -0.3 is 15.3 Å². The van der Waals surface area contributed by atoms with Crippen molar-refractivity contribution in [2.75, 3.05) is 0 Å². The van der Waals surface area contributed by atoms with E-state index in [0.717, 1.165) is 12.0 Å². The molecule has 6 heteroatoms. The zero-order chi connectivity index (χ0) is 26.4. The maximum Gasteiger partial charge on any atom is 0.162 e. The van der Waals surface area contributed by atoms with Gasteiger partial charge in [-0.2, -0.15) is 0 Å². The molecule has 3 fully saturated rings. The zero-order valence-corrected chi connectivity index (χ0v) is 22.5. The molecule has 3 N–H and O–H groups in total. The summed E-state index contributed by atoms with van der Waals surface area (Å²) in [5.74, 6) is -0.880. The first-order valence-electron chi connectivity index (χ1n) is 13.3. The van der Waals surface area contributed by atoms with Crippen LogP contribution < -0.4 is 0 Å². The lowest BCUT2D eigenvalue weighted by molar-refractivity contribution is -0.176. The highest BCUT2D eigenvalue weighted by atomic mass is 16.3. The van der Waals surface area contributed by atoms with Gasteiger partial charge in [0.25, 0.3) is 0 Å². The number of fused-ring (bicyclic) bond motifs is 5. The van der Waals surface area contributed by atoms with Crippen LogP contribution in [0.5, 0.6) is 0 Å². The molecule has 196 valence electrons. The van der Waals surface area contributed by atoms with Gasteiger partial charge in [0.1, 0.15) is 18.0 Å². The molecule has 0 radical (unpaired) electrons. The number of carbonyl (C=O) groups is 3. The topological polar surface area (TPSA) is 112 Å². The predicted octanol–water partition coefficient (Wildman–Crippen LogP) is 3.79. The molecule has 0 aromatic rings. The van der Waals surface area contributed by atoms with Crippen LogP contribution in [0.1, 0.15) is 93.4 Å². The first-order chi connectivity index (χ1) is 15.9. The number of hydrogen-bond acceptors (Lipinski definition) is 6. The van der Waals surface area contributed by atoms with E-state index in [1.54, 1.807) is 13.8 Å². The molecule has 8 atom stereocenters. The van der Waals surface area contributed by atoms with Crippen molar-refractivity contribution in [3.05, 3.63) is 11.6 Å². The van der Waals surface area contributed by atoms with Gasteiger partial charge in [0.2, 0.25) is 0 Å². The number of hydrogen-bond donors (Lipinski definition) is 3. The van der Waals surface area contributed by atoms with E-state index in [2.05, 4.69) is 19.9 Å². The minimum Gasteiger partial charge on any atom is -0.390 e. The molecule has 0 saturated heterocycles. The van der Waals surface area contributed by atoms with Gasteiger partial charge in [-0.15, -0.1) is 0 Å². The number of ketones is 3. The maximum atomic E-state index is 14.1. The van der Waals surface area contributed by atoms with Crippen LogP contribution in [-0.4, -0.2) is 50.5 Å². The van der Waals surface area contributed by atoms with Crippen LogP contribution >= 0.6 is 0 Å². The van der Waals surface area contributed by atoms with Crippen LogP contribution in [0.15, 0.2) is 11.6 Å². The van der Waals surface area contributed by atoms with Gasteiger partial charge in [-0.3, -0.25) is 14.4 Å². The fourth-order valence-corrected chi connectivity index (χ4v) is 8.64. The third-order valence-corrected chi connectivity index (χ3v) is 11.2. The van der Waals surface area contributed by atoms with E-state index in [-0.39, 0.29) is 66.2 Å². The molecule has 4 rings (SSSR count). The molecule has 0 aliphatic heterocycles.